The van der Waals surface area contributed by atoms with Gasteiger partial charge in [-0.2, -0.15) is 0 Å². The van der Waals surface area contributed by atoms with Crippen LogP contribution in [0.5, 0.6) is 0 Å². The Bertz CT molecular complexity index is 601. The summed E-state index contributed by atoms with van der Waals surface area (Å²) in [4.78, 5) is 12.9. The number of nitrogens with one attached hydrogen (secondary N) is 2. The molecule has 3 rings (SSSR count). The van der Waals surface area contributed by atoms with Gasteiger partial charge in [-0.1, -0.05) is 12.8 Å². The summed E-state index contributed by atoms with van der Waals surface area (Å²) in [5, 5.41) is 6.86. The quantitative estimate of drug-likeness (QED) is 0.597. The number of hydrogen-bond donors (Lipinski definition) is 2. The molecule has 2 aliphatic rings. The number of likely N-dealkylation sites (N-methyl/N-ethyl adjacent to an activating group) is 1. The van der Waals surface area contributed by atoms with E-state index in [9.17, 15) is 4.39 Å². The third kappa shape index (κ3) is 4.84. The zero-order valence-corrected chi connectivity index (χ0v) is 15.9. The van der Waals surface area contributed by atoms with Crippen LogP contribution >= 0.6 is 0 Å². The largest absolute Gasteiger partial charge is 0.355 e. The highest BCUT2D eigenvalue weighted by atomic mass is 19.1. The van der Waals surface area contributed by atoms with E-state index in [0.717, 1.165) is 44.6 Å². The highest BCUT2D eigenvalue weighted by molar-refractivity contribution is 5.80. The van der Waals surface area contributed by atoms with Gasteiger partial charge in [-0.15, -0.1) is 0 Å². The third-order valence-corrected chi connectivity index (χ3v) is 5.50. The van der Waals surface area contributed by atoms with Crippen molar-refractivity contribution in [3.63, 3.8) is 0 Å². The molecule has 0 amide bonds. The van der Waals surface area contributed by atoms with Crippen LogP contribution in [0.25, 0.3) is 0 Å². The fraction of sp³-hybridized carbons (Fsp3) is 0.684. The maximum absolute atomic E-state index is 13.9. The van der Waals surface area contributed by atoms with Gasteiger partial charge in [0.25, 0.3) is 0 Å². The number of aliphatic imine (C=N–C) groups is 1. The van der Waals surface area contributed by atoms with Crippen molar-refractivity contribution in [3.8, 4) is 0 Å². The lowest BCUT2D eigenvalue weighted by molar-refractivity contribution is 0.249. The molecule has 1 aromatic rings. The minimum absolute atomic E-state index is 0.246. The molecule has 1 saturated carbocycles. The lowest BCUT2D eigenvalue weighted by atomic mass is 10.2. The minimum Gasteiger partial charge on any atom is -0.355 e. The molecule has 1 atom stereocenters. The maximum atomic E-state index is 13.9. The standard InChI is InChI=1S/C19H31FN6/c1-21-19(23-11-13-25(2)16-6-3-4-7-16)24-15-9-12-26(14-15)18-17(20)8-5-10-22-18/h5,8,10,15-16H,3-4,6-7,9,11-14H2,1-2H3,(H2,21,23,24). The fourth-order valence-corrected chi connectivity index (χ4v) is 3.95. The van der Waals surface area contributed by atoms with Gasteiger partial charge in [-0.25, -0.2) is 9.37 Å². The molecule has 1 aliphatic heterocycles. The SMILES string of the molecule is CN=C(NCCN(C)C1CCCC1)NC1CCN(c2ncccc2F)C1. The Labute approximate surface area is 155 Å². The van der Waals surface area contributed by atoms with Crippen molar-refractivity contribution in [1.82, 2.24) is 20.5 Å². The van der Waals surface area contributed by atoms with Gasteiger partial charge in [0.1, 0.15) is 0 Å². The number of aromatic nitrogens is 1. The van der Waals surface area contributed by atoms with Crippen LogP contribution in [0, 0.1) is 5.82 Å². The third-order valence-electron chi connectivity index (χ3n) is 5.50. The van der Waals surface area contributed by atoms with Crippen molar-refractivity contribution in [2.75, 3.05) is 45.2 Å². The number of hydrogen-bond acceptors (Lipinski definition) is 4. The predicted molar refractivity (Wildman–Crippen MR) is 104 cm³/mol. The summed E-state index contributed by atoms with van der Waals surface area (Å²) in [7, 11) is 4.01. The molecule has 6 nitrogen and oxygen atoms in total. The first kappa shape index (κ1) is 18.9. The lowest BCUT2D eigenvalue weighted by Gasteiger charge is -2.25. The summed E-state index contributed by atoms with van der Waals surface area (Å²) in [6, 6.07) is 4.07. The van der Waals surface area contributed by atoms with Crippen LogP contribution < -0.4 is 15.5 Å². The second kappa shape index (κ2) is 9.16. The molecule has 0 aromatic carbocycles. The van der Waals surface area contributed by atoms with Gasteiger partial charge >= 0.3 is 0 Å². The van der Waals surface area contributed by atoms with E-state index < -0.39 is 0 Å². The molecule has 1 saturated heterocycles. The minimum atomic E-state index is -0.259. The molecule has 0 bridgehead atoms. The number of pyridine rings is 1. The van der Waals surface area contributed by atoms with Crippen molar-refractivity contribution in [2.24, 2.45) is 4.99 Å². The van der Waals surface area contributed by atoms with Crippen molar-refractivity contribution in [3.05, 3.63) is 24.1 Å². The summed E-state index contributed by atoms with van der Waals surface area (Å²) < 4.78 is 13.9. The summed E-state index contributed by atoms with van der Waals surface area (Å²) in [6.07, 6.45) is 7.96. The first-order valence-corrected chi connectivity index (χ1v) is 9.70. The molecule has 0 radical (unpaired) electrons. The molecule has 2 fully saturated rings. The van der Waals surface area contributed by atoms with Crippen LogP contribution in [0.1, 0.15) is 32.1 Å². The first-order valence-electron chi connectivity index (χ1n) is 9.70. The number of halogens is 1. The van der Waals surface area contributed by atoms with Crippen molar-refractivity contribution >= 4 is 11.8 Å². The van der Waals surface area contributed by atoms with Crippen LogP contribution in [-0.2, 0) is 0 Å². The van der Waals surface area contributed by atoms with E-state index in [1.54, 1.807) is 19.3 Å². The summed E-state index contributed by atoms with van der Waals surface area (Å²) in [5.41, 5.74) is 0. The molecular weight excluding hydrogens is 331 g/mol. The molecule has 1 unspecified atom stereocenters. The Kier molecular flexibility index (Phi) is 6.66. The monoisotopic (exact) mass is 362 g/mol. The second-order valence-electron chi connectivity index (χ2n) is 7.30. The van der Waals surface area contributed by atoms with E-state index >= 15 is 0 Å². The van der Waals surface area contributed by atoms with Crippen LogP contribution in [0.2, 0.25) is 0 Å². The zero-order chi connectivity index (χ0) is 18.4. The smallest absolute Gasteiger partial charge is 0.191 e. The van der Waals surface area contributed by atoms with Crippen molar-refractivity contribution < 1.29 is 4.39 Å². The van der Waals surface area contributed by atoms with Gasteiger partial charge in [0.05, 0.1) is 0 Å². The Morgan fingerprint density at radius 1 is 1.38 bits per heavy atom. The molecule has 26 heavy (non-hydrogen) atoms. The summed E-state index contributed by atoms with van der Waals surface area (Å²) >= 11 is 0. The van der Waals surface area contributed by atoms with Crippen LogP contribution in [0.4, 0.5) is 10.2 Å². The molecule has 1 aliphatic carbocycles. The van der Waals surface area contributed by atoms with E-state index in [-0.39, 0.29) is 11.9 Å². The molecule has 2 N–H and O–H groups in total. The summed E-state index contributed by atoms with van der Waals surface area (Å²) in [6.45, 7) is 3.42. The van der Waals surface area contributed by atoms with Crippen LogP contribution in [0.15, 0.2) is 23.3 Å². The molecule has 1 aromatic heterocycles. The van der Waals surface area contributed by atoms with Gasteiger partial charge in [-0.3, -0.25) is 4.99 Å². The predicted octanol–water partition coefficient (Wildman–Crippen LogP) is 1.84. The van der Waals surface area contributed by atoms with Gasteiger partial charge in [0, 0.05) is 51.5 Å². The Morgan fingerprint density at radius 2 is 2.19 bits per heavy atom. The lowest BCUT2D eigenvalue weighted by Crippen LogP contribution is -2.47. The van der Waals surface area contributed by atoms with E-state index in [1.165, 1.54) is 31.7 Å². The first-order chi connectivity index (χ1) is 12.7. The Hall–Kier alpha value is -1.89. The normalized spacial score (nSPS) is 21.6. The number of rotatable bonds is 6. The van der Waals surface area contributed by atoms with E-state index in [0.29, 0.717) is 5.82 Å². The Balaban J connectivity index is 1.42. The van der Waals surface area contributed by atoms with Crippen molar-refractivity contribution in [2.45, 2.75) is 44.2 Å². The summed E-state index contributed by atoms with van der Waals surface area (Å²) in [5.74, 6) is 1.00. The zero-order valence-electron chi connectivity index (χ0n) is 15.9. The van der Waals surface area contributed by atoms with Gasteiger partial charge in [0.15, 0.2) is 17.6 Å². The maximum Gasteiger partial charge on any atom is 0.191 e. The molecule has 2 heterocycles. The van der Waals surface area contributed by atoms with Crippen LogP contribution in [-0.4, -0.2) is 68.2 Å². The van der Waals surface area contributed by atoms with E-state index in [4.69, 9.17) is 0 Å². The van der Waals surface area contributed by atoms with Gasteiger partial charge in [-0.05, 0) is 38.4 Å². The van der Waals surface area contributed by atoms with Crippen molar-refractivity contribution in [1.29, 1.82) is 0 Å². The number of nitrogens with zero attached hydrogens (tertiary/aromatic N) is 4. The van der Waals surface area contributed by atoms with Crippen LogP contribution in [0.3, 0.4) is 0 Å². The number of guanidine groups is 1. The van der Waals surface area contributed by atoms with E-state index in [2.05, 4.69) is 32.6 Å². The number of anilines is 1. The average Bonchev–Trinajstić information content (AvgIpc) is 3.33. The highest BCUT2D eigenvalue weighted by Crippen LogP contribution is 2.22. The molecule has 7 heteroatoms. The van der Waals surface area contributed by atoms with Gasteiger partial charge < -0.3 is 20.4 Å². The van der Waals surface area contributed by atoms with E-state index in [1.807, 2.05) is 4.90 Å². The Morgan fingerprint density at radius 3 is 2.92 bits per heavy atom. The fourth-order valence-electron chi connectivity index (χ4n) is 3.95. The average molecular weight is 362 g/mol. The molecular formula is C19H31FN6. The second-order valence-corrected chi connectivity index (χ2v) is 7.30. The molecule has 0 spiro atoms. The molecule has 144 valence electrons. The topological polar surface area (TPSA) is 55.8 Å². The highest BCUT2D eigenvalue weighted by Gasteiger charge is 2.26. The van der Waals surface area contributed by atoms with Gasteiger partial charge in [0.2, 0.25) is 0 Å².